The van der Waals surface area contributed by atoms with E-state index < -0.39 is 0 Å². The first kappa shape index (κ1) is 18.3. The summed E-state index contributed by atoms with van der Waals surface area (Å²) in [6.07, 6.45) is 8.87. The Hall–Kier alpha value is -4.11. The number of nitrogens with one attached hydrogen (secondary N) is 1. The number of imidazole rings is 1. The normalized spacial score (nSPS) is 10.2. The summed E-state index contributed by atoms with van der Waals surface area (Å²) >= 11 is 0. The van der Waals surface area contributed by atoms with Crippen molar-refractivity contribution in [2.75, 3.05) is 6.54 Å². The summed E-state index contributed by atoms with van der Waals surface area (Å²) in [5.74, 6) is 6.21. The first-order valence-electron chi connectivity index (χ1n) is 9.25. The molecule has 0 atom stereocenters. The average Bonchev–Trinajstić information content (AvgIpc) is 3.47. The SMILES string of the molecule is O=C(NCCn1ccnc1)c1ccc(-n2cccn2)c(C#Cc2ccccc2)c1. The van der Waals surface area contributed by atoms with Gasteiger partial charge in [0.15, 0.2) is 0 Å². The predicted molar refractivity (Wildman–Crippen MR) is 111 cm³/mol. The summed E-state index contributed by atoms with van der Waals surface area (Å²) in [4.78, 5) is 16.6. The number of aromatic nitrogens is 4. The fourth-order valence-electron chi connectivity index (χ4n) is 2.87. The number of nitrogens with zero attached hydrogens (tertiary/aromatic N) is 4. The standard InChI is InChI=1S/C23H19N5O/c29-23(25-13-16-27-15-12-24-18-27)21-9-10-22(28-14-4-11-26-28)20(17-21)8-7-19-5-2-1-3-6-19/h1-6,9-12,14-15,17-18H,13,16H2,(H,25,29). The van der Waals surface area contributed by atoms with E-state index in [2.05, 4.69) is 27.2 Å². The fourth-order valence-corrected chi connectivity index (χ4v) is 2.87. The zero-order chi connectivity index (χ0) is 19.9. The molecule has 0 aliphatic heterocycles. The van der Waals surface area contributed by atoms with E-state index in [1.165, 1.54) is 0 Å². The van der Waals surface area contributed by atoms with E-state index in [9.17, 15) is 4.79 Å². The number of rotatable bonds is 5. The van der Waals surface area contributed by atoms with Gasteiger partial charge in [-0.1, -0.05) is 30.0 Å². The molecule has 0 aliphatic rings. The van der Waals surface area contributed by atoms with E-state index in [4.69, 9.17) is 0 Å². The second-order valence-electron chi connectivity index (χ2n) is 6.35. The van der Waals surface area contributed by atoms with E-state index in [1.807, 2.05) is 59.4 Å². The van der Waals surface area contributed by atoms with Gasteiger partial charge in [-0.2, -0.15) is 5.10 Å². The molecule has 0 saturated carbocycles. The van der Waals surface area contributed by atoms with Gasteiger partial charge in [0.25, 0.3) is 5.91 Å². The molecular formula is C23H19N5O. The highest BCUT2D eigenvalue weighted by Gasteiger charge is 2.10. The minimum Gasteiger partial charge on any atom is -0.350 e. The summed E-state index contributed by atoms with van der Waals surface area (Å²) in [6, 6.07) is 17.1. The van der Waals surface area contributed by atoms with Gasteiger partial charge < -0.3 is 9.88 Å². The van der Waals surface area contributed by atoms with E-state index >= 15 is 0 Å². The molecule has 1 N–H and O–H groups in total. The predicted octanol–water partition coefficient (Wildman–Crippen LogP) is 2.90. The van der Waals surface area contributed by atoms with Crippen molar-refractivity contribution in [2.24, 2.45) is 0 Å². The Morgan fingerprint density at radius 3 is 2.66 bits per heavy atom. The lowest BCUT2D eigenvalue weighted by Gasteiger charge is -2.09. The van der Waals surface area contributed by atoms with Crippen molar-refractivity contribution in [1.29, 1.82) is 0 Å². The molecule has 4 rings (SSSR count). The lowest BCUT2D eigenvalue weighted by molar-refractivity contribution is 0.0952. The molecule has 2 aromatic heterocycles. The second-order valence-corrected chi connectivity index (χ2v) is 6.35. The van der Waals surface area contributed by atoms with Crippen LogP contribution in [0.5, 0.6) is 0 Å². The van der Waals surface area contributed by atoms with E-state index in [0.717, 1.165) is 16.8 Å². The van der Waals surface area contributed by atoms with Gasteiger partial charge in [-0.15, -0.1) is 0 Å². The highest BCUT2D eigenvalue weighted by molar-refractivity contribution is 5.95. The summed E-state index contributed by atoms with van der Waals surface area (Å²) in [5.41, 5.74) is 3.03. The Balaban J connectivity index is 1.57. The number of carbonyl (C=O) groups excluding carboxylic acids is 1. The largest absolute Gasteiger partial charge is 0.350 e. The van der Waals surface area contributed by atoms with Crippen LogP contribution in [0.3, 0.4) is 0 Å². The van der Waals surface area contributed by atoms with Crippen LogP contribution in [0, 0.1) is 11.8 Å². The molecule has 0 saturated heterocycles. The topological polar surface area (TPSA) is 64.7 Å². The van der Waals surface area contributed by atoms with Crippen molar-refractivity contribution in [3.05, 3.63) is 102 Å². The van der Waals surface area contributed by atoms with Crippen LogP contribution >= 0.6 is 0 Å². The van der Waals surface area contributed by atoms with Crippen LogP contribution in [-0.2, 0) is 6.54 Å². The van der Waals surface area contributed by atoms with Crippen LogP contribution in [0.2, 0.25) is 0 Å². The molecule has 0 fully saturated rings. The molecule has 29 heavy (non-hydrogen) atoms. The van der Waals surface area contributed by atoms with Crippen molar-refractivity contribution in [2.45, 2.75) is 6.54 Å². The Labute approximate surface area is 168 Å². The molecule has 2 aromatic carbocycles. The van der Waals surface area contributed by atoms with Gasteiger partial charge in [-0.25, -0.2) is 9.67 Å². The van der Waals surface area contributed by atoms with Gasteiger partial charge in [0.05, 0.1) is 17.6 Å². The number of amides is 1. The Kier molecular flexibility index (Phi) is 5.49. The first-order chi connectivity index (χ1) is 14.3. The zero-order valence-electron chi connectivity index (χ0n) is 15.7. The summed E-state index contributed by atoms with van der Waals surface area (Å²) in [6.45, 7) is 1.18. The average molecular weight is 381 g/mol. The molecule has 0 aliphatic carbocycles. The van der Waals surface area contributed by atoms with Gasteiger partial charge in [0, 0.05) is 49.0 Å². The molecular weight excluding hydrogens is 362 g/mol. The number of carbonyl (C=O) groups is 1. The molecule has 0 bridgehead atoms. The summed E-state index contributed by atoms with van der Waals surface area (Å²) in [5, 5.41) is 7.23. The van der Waals surface area contributed by atoms with Crippen molar-refractivity contribution in [3.63, 3.8) is 0 Å². The van der Waals surface area contributed by atoms with Crippen LogP contribution in [0.25, 0.3) is 5.69 Å². The minimum atomic E-state index is -0.139. The van der Waals surface area contributed by atoms with Crippen molar-refractivity contribution < 1.29 is 4.79 Å². The monoisotopic (exact) mass is 381 g/mol. The highest BCUT2D eigenvalue weighted by Crippen LogP contribution is 2.16. The molecule has 1 amide bonds. The second kappa shape index (κ2) is 8.72. The minimum absolute atomic E-state index is 0.139. The van der Waals surface area contributed by atoms with Gasteiger partial charge in [-0.3, -0.25) is 4.79 Å². The Bertz CT molecular complexity index is 1140. The Morgan fingerprint density at radius 1 is 1.00 bits per heavy atom. The zero-order valence-corrected chi connectivity index (χ0v) is 15.7. The van der Waals surface area contributed by atoms with Crippen LogP contribution in [-0.4, -0.2) is 31.8 Å². The van der Waals surface area contributed by atoms with Gasteiger partial charge in [0.1, 0.15) is 0 Å². The Morgan fingerprint density at radius 2 is 1.90 bits per heavy atom. The molecule has 0 radical (unpaired) electrons. The lowest BCUT2D eigenvalue weighted by atomic mass is 10.1. The van der Waals surface area contributed by atoms with Crippen LogP contribution in [0.15, 0.2) is 85.7 Å². The molecule has 142 valence electrons. The van der Waals surface area contributed by atoms with Crippen molar-refractivity contribution >= 4 is 5.91 Å². The van der Waals surface area contributed by atoms with Gasteiger partial charge in [-0.05, 0) is 36.4 Å². The van der Waals surface area contributed by atoms with E-state index in [-0.39, 0.29) is 5.91 Å². The van der Waals surface area contributed by atoms with Crippen LogP contribution in [0.4, 0.5) is 0 Å². The summed E-state index contributed by atoms with van der Waals surface area (Å²) < 4.78 is 3.66. The maximum atomic E-state index is 12.6. The quantitative estimate of drug-likeness (QED) is 0.541. The first-order valence-corrected chi connectivity index (χ1v) is 9.25. The molecule has 6 nitrogen and oxygen atoms in total. The molecule has 4 aromatic rings. The van der Waals surface area contributed by atoms with Crippen LogP contribution in [0.1, 0.15) is 21.5 Å². The summed E-state index contributed by atoms with van der Waals surface area (Å²) in [7, 11) is 0. The maximum Gasteiger partial charge on any atom is 0.251 e. The van der Waals surface area contributed by atoms with Crippen molar-refractivity contribution in [3.8, 4) is 17.5 Å². The lowest BCUT2D eigenvalue weighted by Crippen LogP contribution is -2.27. The number of hydrogen-bond donors (Lipinski definition) is 1. The van der Waals surface area contributed by atoms with E-state index in [0.29, 0.717) is 18.7 Å². The third-order valence-corrected chi connectivity index (χ3v) is 4.34. The smallest absolute Gasteiger partial charge is 0.251 e. The number of benzene rings is 2. The number of hydrogen-bond acceptors (Lipinski definition) is 3. The molecule has 2 heterocycles. The maximum absolute atomic E-state index is 12.6. The third kappa shape index (κ3) is 4.60. The van der Waals surface area contributed by atoms with Gasteiger partial charge in [0.2, 0.25) is 0 Å². The highest BCUT2D eigenvalue weighted by atomic mass is 16.1. The van der Waals surface area contributed by atoms with Gasteiger partial charge >= 0.3 is 0 Å². The van der Waals surface area contributed by atoms with Crippen molar-refractivity contribution in [1.82, 2.24) is 24.6 Å². The fraction of sp³-hybridized carbons (Fsp3) is 0.0870. The molecule has 6 heteroatoms. The van der Waals surface area contributed by atoms with Crippen LogP contribution < -0.4 is 5.32 Å². The van der Waals surface area contributed by atoms with E-state index in [1.54, 1.807) is 35.5 Å². The molecule has 0 unspecified atom stereocenters. The third-order valence-electron chi connectivity index (χ3n) is 4.34. The molecule has 0 spiro atoms.